The van der Waals surface area contributed by atoms with Crippen LogP contribution in [0.1, 0.15) is 11.6 Å². The standard InChI is InChI=1S/C34H19N7/c35-16-33-37-18-25(19-38-33)23-11-13-31(29(14-23)26-20-39-34(17-36)40-21-26)41-30-9-5-4-8-27(30)28-12-10-24(15-32(28)41)22-6-2-1-3-7-22/h1-15,18-21H. The minimum Gasteiger partial charge on any atom is -0.309 e. The maximum atomic E-state index is 9.28. The monoisotopic (exact) mass is 525 g/mol. The topological polar surface area (TPSA) is 104 Å². The van der Waals surface area contributed by atoms with Gasteiger partial charge < -0.3 is 4.57 Å². The highest BCUT2D eigenvalue weighted by Crippen LogP contribution is 2.39. The number of benzene rings is 4. The Hall–Kier alpha value is -6.18. The molecule has 0 saturated heterocycles. The summed E-state index contributed by atoms with van der Waals surface area (Å²) >= 11 is 0. The van der Waals surface area contributed by atoms with Crippen LogP contribution in [0.2, 0.25) is 0 Å². The van der Waals surface area contributed by atoms with Crippen LogP contribution in [0.4, 0.5) is 0 Å². The van der Waals surface area contributed by atoms with Crippen LogP contribution in [0.3, 0.4) is 0 Å². The third-order valence-electron chi connectivity index (χ3n) is 7.17. The number of para-hydroxylation sites is 1. The molecular weight excluding hydrogens is 506 g/mol. The minimum atomic E-state index is 0.108. The van der Waals surface area contributed by atoms with E-state index in [9.17, 15) is 5.26 Å². The van der Waals surface area contributed by atoms with Crippen LogP contribution in [0.15, 0.2) is 116 Å². The van der Waals surface area contributed by atoms with E-state index in [4.69, 9.17) is 5.26 Å². The highest BCUT2D eigenvalue weighted by Gasteiger charge is 2.18. The van der Waals surface area contributed by atoms with Crippen LogP contribution in [0, 0.1) is 22.7 Å². The van der Waals surface area contributed by atoms with Gasteiger partial charge in [-0.15, -0.1) is 0 Å². The first-order valence-corrected chi connectivity index (χ1v) is 12.9. The lowest BCUT2D eigenvalue weighted by Gasteiger charge is -2.16. The Morgan fingerprint density at radius 3 is 1.78 bits per heavy atom. The number of aromatic nitrogens is 5. The van der Waals surface area contributed by atoms with Crippen molar-refractivity contribution in [1.29, 1.82) is 10.5 Å². The van der Waals surface area contributed by atoms with Crippen LogP contribution in [-0.2, 0) is 0 Å². The first-order chi connectivity index (χ1) is 20.2. The second-order valence-corrected chi connectivity index (χ2v) is 9.50. The molecule has 7 rings (SSSR count). The quantitative estimate of drug-likeness (QED) is 0.243. The molecule has 41 heavy (non-hydrogen) atoms. The summed E-state index contributed by atoms with van der Waals surface area (Å²) in [6, 6.07) is 35.4. The van der Waals surface area contributed by atoms with Gasteiger partial charge in [-0.25, -0.2) is 19.9 Å². The maximum absolute atomic E-state index is 9.28. The molecule has 7 aromatic rings. The molecule has 3 aromatic heterocycles. The van der Waals surface area contributed by atoms with E-state index in [1.54, 1.807) is 24.8 Å². The van der Waals surface area contributed by atoms with Gasteiger partial charge in [0.1, 0.15) is 12.1 Å². The normalized spacial score (nSPS) is 10.9. The molecule has 0 aliphatic heterocycles. The summed E-state index contributed by atoms with van der Waals surface area (Å²) in [5, 5.41) is 20.7. The smallest absolute Gasteiger partial charge is 0.232 e. The van der Waals surface area contributed by atoms with Crippen LogP contribution in [0.5, 0.6) is 0 Å². The Balaban J connectivity index is 1.52. The summed E-state index contributed by atoms with van der Waals surface area (Å²) in [5.74, 6) is 0.224. The van der Waals surface area contributed by atoms with Crippen molar-refractivity contribution in [2.75, 3.05) is 0 Å². The van der Waals surface area contributed by atoms with Crippen LogP contribution >= 0.6 is 0 Å². The Labute approximate surface area is 235 Å². The van der Waals surface area contributed by atoms with Crippen molar-refractivity contribution >= 4 is 21.8 Å². The van der Waals surface area contributed by atoms with Gasteiger partial charge in [0.15, 0.2) is 0 Å². The zero-order valence-electron chi connectivity index (χ0n) is 21.6. The zero-order chi connectivity index (χ0) is 27.8. The van der Waals surface area contributed by atoms with Crippen molar-refractivity contribution in [3.8, 4) is 51.2 Å². The summed E-state index contributed by atoms with van der Waals surface area (Å²) in [5.41, 5.74) is 8.64. The molecule has 7 heteroatoms. The second kappa shape index (κ2) is 9.85. The molecule has 0 unspecified atom stereocenters. The fourth-order valence-electron chi connectivity index (χ4n) is 5.24. The van der Waals surface area contributed by atoms with Gasteiger partial charge in [-0.3, -0.25) is 0 Å². The first kappa shape index (κ1) is 23.9. The molecule has 0 aliphatic carbocycles. The fraction of sp³-hybridized carbons (Fsp3) is 0. The zero-order valence-corrected chi connectivity index (χ0v) is 21.6. The van der Waals surface area contributed by atoms with Crippen molar-refractivity contribution < 1.29 is 0 Å². The molecule has 0 amide bonds. The van der Waals surface area contributed by atoms with E-state index in [1.165, 1.54) is 0 Å². The van der Waals surface area contributed by atoms with Crippen LogP contribution in [-0.4, -0.2) is 24.5 Å². The van der Waals surface area contributed by atoms with Crippen molar-refractivity contribution in [3.63, 3.8) is 0 Å². The van der Waals surface area contributed by atoms with Crippen molar-refractivity contribution in [3.05, 3.63) is 127 Å². The Morgan fingerprint density at radius 1 is 0.488 bits per heavy atom. The van der Waals surface area contributed by atoms with E-state index in [0.717, 1.165) is 60.9 Å². The number of hydrogen-bond donors (Lipinski definition) is 0. The average molecular weight is 526 g/mol. The average Bonchev–Trinajstić information content (AvgIpc) is 3.38. The van der Waals surface area contributed by atoms with Gasteiger partial charge in [0.05, 0.1) is 16.7 Å². The third kappa shape index (κ3) is 4.15. The van der Waals surface area contributed by atoms with E-state index in [1.807, 2.05) is 48.5 Å². The van der Waals surface area contributed by atoms with E-state index in [0.29, 0.717) is 0 Å². The van der Waals surface area contributed by atoms with Crippen molar-refractivity contribution in [2.24, 2.45) is 0 Å². The third-order valence-corrected chi connectivity index (χ3v) is 7.17. The molecule has 0 saturated carbocycles. The molecule has 0 bridgehead atoms. The SMILES string of the molecule is N#Cc1ncc(-c2ccc(-n3c4ccccc4c4ccc(-c5ccccc5)cc43)c(-c3cnc(C#N)nc3)c2)cn1. The predicted octanol–water partition coefficient (Wildman–Crippen LogP) is 7.11. The molecule has 0 radical (unpaired) electrons. The number of fused-ring (bicyclic) bond motifs is 3. The summed E-state index contributed by atoms with van der Waals surface area (Å²) in [7, 11) is 0. The lowest BCUT2D eigenvalue weighted by atomic mass is 9.99. The van der Waals surface area contributed by atoms with Crippen LogP contribution in [0.25, 0.3) is 60.9 Å². The highest BCUT2D eigenvalue weighted by molar-refractivity contribution is 6.10. The van der Waals surface area contributed by atoms with E-state index < -0.39 is 0 Å². The van der Waals surface area contributed by atoms with Gasteiger partial charge in [0.25, 0.3) is 0 Å². The van der Waals surface area contributed by atoms with Crippen LogP contribution < -0.4 is 0 Å². The number of nitriles is 2. The molecule has 190 valence electrons. The van der Waals surface area contributed by atoms with Gasteiger partial charge >= 0.3 is 0 Å². The largest absolute Gasteiger partial charge is 0.309 e. The Morgan fingerprint density at radius 2 is 1.07 bits per heavy atom. The Kier molecular flexibility index (Phi) is 5.74. The fourth-order valence-corrected chi connectivity index (χ4v) is 5.24. The van der Waals surface area contributed by atoms with E-state index in [2.05, 4.69) is 79.1 Å². The van der Waals surface area contributed by atoms with Gasteiger partial charge in [0, 0.05) is 52.3 Å². The molecule has 3 heterocycles. The summed E-state index contributed by atoms with van der Waals surface area (Å²) in [6.45, 7) is 0. The first-order valence-electron chi connectivity index (χ1n) is 12.9. The molecule has 0 aliphatic rings. The molecule has 0 atom stereocenters. The Bertz CT molecular complexity index is 2150. The number of hydrogen-bond acceptors (Lipinski definition) is 6. The lowest BCUT2D eigenvalue weighted by molar-refractivity contribution is 1.11. The second-order valence-electron chi connectivity index (χ2n) is 9.50. The van der Waals surface area contributed by atoms with Gasteiger partial charge in [-0.2, -0.15) is 10.5 Å². The predicted molar refractivity (Wildman–Crippen MR) is 158 cm³/mol. The summed E-state index contributed by atoms with van der Waals surface area (Å²) in [4.78, 5) is 16.8. The molecule has 0 spiro atoms. The number of nitrogens with zero attached hydrogens (tertiary/aromatic N) is 7. The molecule has 0 fully saturated rings. The molecule has 4 aromatic carbocycles. The van der Waals surface area contributed by atoms with E-state index >= 15 is 0 Å². The molecular formula is C34H19N7. The van der Waals surface area contributed by atoms with Crippen molar-refractivity contribution in [2.45, 2.75) is 0 Å². The lowest BCUT2D eigenvalue weighted by Crippen LogP contribution is -1.99. The van der Waals surface area contributed by atoms with Gasteiger partial charge in [-0.05, 0) is 41.0 Å². The minimum absolute atomic E-state index is 0.108. The molecule has 0 N–H and O–H groups in total. The highest BCUT2D eigenvalue weighted by atomic mass is 15.0. The van der Waals surface area contributed by atoms with E-state index in [-0.39, 0.29) is 11.6 Å². The number of rotatable bonds is 4. The van der Waals surface area contributed by atoms with Gasteiger partial charge in [0.2, 0.25) is 11.6 Å². The summed E-state index contributed by atoms with van der Waals surface area (Å²) in [6.07, 6.45) is 6.64. The molecule has 7 nitrogen and oxygen atoms in total. The maximum Gasteiger partial charge on any atom is 0.232 e. The van der Waals surface area contributed by atoms with Gasteiger partial charge in [-0.1, -0.05) is 66.7 Å². The van der Waals surface area contributed by atoms with Crippen molar-refractivity contribution in [1.82, 2.24) is 24.5 Å². The summed E-state index contributed by atoms with van der Waals surface area (Å²) < 4.78 is 2.27.